The fourth-order valence-corrected chi connectivity index (χ4v) is 6.28. The van der Waals surface area contributed by atoms with Crippen LogP contribution in [0.1, 0.15) is 50.9 Å². The summed E-state index contributed by atoms with van der Waals surface area (Å²) in [7, 11) is 0. The van der Waals surface area contributed by atoms with Crippen LogP contribution in [0.2, 0.25) is 10.0 Å². The second-order valence-electron chi connectivity index (χ2n) is 10.6. The summed E-state index contributed by atoms with van der Waals surface area (Å²) in [4.78, 5) is 14.2. The summed E-state index contributed by atoms with van der Waals surface area (Å²) in [5.74, 6) is 1.34. The Kier molecular flexibility index (Phi) is 6.86. The number of nitriles is 1. The molecule has 10 heteroatoms. The lowest BCUT2D eigenvalue weighted by molar-refractivity contribution is 0.0159. The Bertz CT molecular complexity index is 1310. The molecule has 0 aliphatic carbocycles. The van der Waals surface area contributed by atoms with Crippen LogP contribution < -0.4 is 4.90 Å². The predicted octanol–water partition coefficient (Wildman–Crippen LogP) is 4.53. The minimum Gasteiger partial charge on any atom is -0.392 e. The van der Waals surface area contributed by atoms with Crippen LogP contribution >= 0.6 is 23.2 Å². The van der Waals surface area contributed by atoms with Crippen molar-refractivity contribution < 1.29 is 5.11 Å². The Morgan fingerprint density at radius 2 is 2.06 bits per heavy atom. The molecule has 2 aliphatic rings. The highest BCUT2D eigenvalue weighted by Crippen LogP contribution is 2.43. The maximum absolute atomic E-state index is 9.84. The molecule has 8 nitrogen and oxygen atoms in total. The van der Waals surface area contributed by atoms with Gasteiger partial charge in [-0.25, -0.2) is 14.6 Å². The second kappa shape index (κ2) is 9.79. The number of anilines is 1. The zero-order valence-electron chi connectivity index (χ0n) is 20.8. The van der Waals surface area contributed by atoms with Crippen molar-refractivity contribution in [3.63, 3.8) is 0 Å². The molecule has 0 radical (unpaired) electrons. The number of fused-ring (bicyclic) bond motifs is 1. The summed E-state index contributed by atoms with van der Waals surface area (Å²) in [6.45, 7) is 10.8. The van der Waals surface area contributed by atoms with Gasteiger partial charge in [-0.2, -0.15) is 10.4 Å². The molecular formula is C26H31Cl2N7O. The molecular weight excluding hydrogens is 497 g/mol. The van der Waals surface area contributed by atoms with Gasteiger partial charge in [-0.15, -0.1) is 0 Å². The van der Waals surface area contributed by atoms with E-state index >= 15 is 0 Å². The third kappa shape index (κ3) is 4.66. The van der Waals surface area contributed by atoms with E-state index in [1.165, 1.54) is 6.42 Å². The van der Waals surface area contributed by atoms with Crippen LogP contribution in [0.4, 0.5) is 5.82 Å². The molecule has 1 unspecified atom stereocenters. The molecule has 2 fully saturated rings. The second-order valence-corrected chi connectivity index (χ2v) is 11.4. The fraction of sp³-hybridized carbons (Fsp3) is 0.538. The van der Waals surface area contributed by atoms with Crippen molar-refractivity contribution >= 4 is 40.2 Å². The van der Waals surface area contributed by atoms with Crippen LogP contribution in [0.3, 0.4) is 0 Å². The van der Waals surface area contributed by atoms with Gasteiger partial charge in [-0.3, -0.25) is 0 Å². The fourth-order valence-electron chi connectivity index (χ4n) is 5.71. The summed E-state index contributed by atoms with van der Waals surface area (Å²) in [5, 5.41) is 25.1. The monoisotopic (exact) mass is 527 g/mol. The van der Waals surface area contributed by atoms with Gasteiger partial charge in [0.25, 0.3) is 0 Å². The van der Waals surface area contributed by atoms with Gasteiger partial charge in [-0.1, -0.05) is 36.2 Å². The highest BCUT2D eigenvalue weighted by Gasteiger charge is 2.44. The highest BCUT2D eigenvalue weighted by molar-refractivity contribution is 6.35. The van der Waals surface area contributed by atoms with Crippen molar-refractivity contribution in [2.75, 3.05) is 37.6 Å². The Hall–Kier alpha value is -2.44. The van der Waals surface area contributed by atoms with E-state index in [0.29, 0.717) is 27.1 Å². The van der Waals surface area contributed by atoms with E-state index in [-0.39, 0.29) is 23.3 Å². The van der Waals surface area contributed by atoms with E-state index in [4.69, 9.17) is 28.2 Å². The smallest absolute Gasteiger partial charge is 0.190 e. The average molecular weight is 528 g/mol. The third-order valence-electron chi connectivity index (χ3n) is 7.80. The van der Waals surface area contributed by atoms with Crippen LogP contribution in [0.25, 0.3) is 11.2 Å². The standard InChI is InChI=1S/C26H31Cl2N7O/c1-16(36)12-33-8-4-7-26(3,15-33)18-13-34(14-18)23-11-30-24-22(10-29)32-35(25(24)31-23)17(2)20-6-5-19(27)9-21(20)28/h5-6,9,11,16-18,36H,4,7-8,12-15H2,1-3H3/t16?,17-,26-/m1/s1. The van der Waals surface area contributed by atoms with E-state index < -0.39 is 0 Å². The number of aliphatic hydroxyl groups excluding tert-OH is 1. The molecule has 3 atom stereocenters. The summed E-state index contributed by atoms with van der Waals surface area (Å²) in [6, 6.07) is 7.26. The summed E-state index contributed by atoms with van der Waals surface area (Å²) >= 11 is 12.6. The topological polar surface area (TPSA) is 94.1 Å². The number of nitrogens with zero attached hydrogens (tertiary/aromatic N) is 7. The molecule has 0 amide bonds. The first-order chi connectivity index (χ1) is 17.2. The number of benzene rings is 1. The van der Waals surface area contributed by atoms with E-state index in [2.05, 4.69) is 32.9 Å². The number of likely N-dealkylation sites (tertiary alicyclic amines) is 1. The number of β-amino-alcohol motifs (C(OH)–C–C–N with tert-alkyl or cyclic N) is 1. The molecule has 0 saturated carbocycles. The summed E-state index contributed by atoms with van der Waals surface area (Å²) < 4.78 is 1.73. The number of hydrogen-bond acceptors (Lipinski definition) is 7. The minimum atomic E-state index is -0.305. The molecule has 0 bridgehead atoms. The Labute approximate surface area is 221 Å². The zero-order chi connectivity index (χ0) is 25.6. The quantitative estimate of drug-likeness (QED) is 0.502. The van der Waals surface area contributed by atoms with Gasteiger partial charge in [0.15, 0.2) is 11.3 Å². The molecule has 1 aromatic carbocycles. The average Bonchev–Trinajstić information content (AvgIpc) is 3.15. The number of piperidine rings is 1. The van der Waals surface area contributed by atoms with Crippen molar-refractivity contribution in [1.82, 2.24) is 24.6 Å². The molecule has 4 heterocycles. The third-order valence-corrected chi connectivity index (χ3v) is 8.36. The molecule has 2 saturated heterocycles. The van der Waals surface area contributed by atoms with Crippen LogP contribution in [0.15, 0.2) is 24.4 Å². The van der Waals surface area contributed by atoms with Crippen molar-refractivity contribution in [3.05, 3.63) is 45.7 Å². The lowest BCUT2D eigenvalue weighted by atomic mass is 9.68. The van der Waals surface area contributed by atoms with Gasteiger partial charge in [0, 0.05) is 42.1 Å². The van der Waals surface area contributed by atoms with Crippen molar-refractivity contribution in [2.45, 2.75) is 45.8 Å². The largest absolute Gasteiger partial charge is 0.392 e. The van der Waals surface area contributed by atoms with Gasteiger partial charge >= 0.3 is 0 Å². The molecule has 190 valence electrons. The molecule has 36 heavy (non-hydrogen) atoms. The first-order valence-corrected chi connectivity index (χ1v) is 13.2. The van der Waals surface area contributed by atoms with E-state index in [1.807, 2.05) is 19.9 Å². The van der Waals surface area contributed by atoms with Crippen LogP contribution in [-0.2, 0) is 0 Å². The Morgan fingerprint density at radius 3 is 2.75 bits per heavy atom. The first-order valence-electron chi connectivity index (χ1n) is 12.4. The van der Waals surface area contributed by atoms with Gasteiger partial charge in [0.2, 0.25) is 0 Å². The lowest BCUT2D eigenvalue weighted by Gasteiger charge is -2.53. The molecule has 3 aromatic rings. The number of rotatable bonds is 6. The molecule has 2 aromatic heterocycles. The molecule has 1 N–H and O–H groups in total. The minimum absolute atomic E-state index is 0.219. The van der Waals surface area contributed by atoms with Crippen LogP contribution in [0, 0.1) is 22.7 Å². The number of halogens is 2. The van der Waals surface area contributed by atoms with Crippen molar-refractivity contribution in [3.8, 4) is 6.07 Å². The van der Waals surface area contributed by atoms with Crippen molar-refractivity contribution in [2.24, 2.45) is 11.3 Å². The van der Waals surface area contributed by atoms with Gasteiger partial charge in [0.05, 0.1) is 18.3 Å². The molecule has 0 spiro atoms. The predicted molar refractivity (Wildman–Crippen MR) is 141 cm³/mol. The van der Waals surface area contributed by atoms with Crippen molar-refractivity contribution in [1.29, 1.82) is 5.26 Å². The van der Waals surface area contributed by atoms with E-state index in [1.54, 1.807) is 23.0 Å². The Balaban J connectivity index is 1.38. The van der Waals surface area contributed by atoms with Gasteiger partial charge in [0.1, 0.15) is 17.4 Å². The molecule has 5 rings (SSSR count). The first kappa shape index (κ1) is 25.2. The van der Waals surface area contributed by atoms with Gasteiger partial charge in [-0.05, 0) is 56.3 Å². The molecule has 2 aliphatic heterocycles. The Morgan fingerprint density at radius 1 is 1.28 bits per heavy atom. The van der Waals surface area contributed by atoms with Crippen LogP contribution in [-0.4, -0.2) is 68.6 Å². The normalized spacial score (nSPS) is 22.9. The SMILES string of the molecule is CC(O)CN1CCC[C@@](C)(C2CN(c3cnc4c(C#N)nn([C@H](C)c5ccc(Cl)cc5Cl)c4n3)C2)C1. The number of aromatic nitrogens is 4. The number of hydrogen-bond donors (Lipinski definition) is 1. The van der Waals surface area contributed by atoms with Crippen LogP contribution in [0.5, 0.6) is 0 Å². The summed E-state index contributed by atoms with van der Waals surface area (Å²) in [5.41, 5.74) is 2.37. The highest BCUT2D eigenvalue weighted by atomic mass is 35.5. The van der Waals surface area contributed by atoms with E-state index in [9.17, 15) is 10.4 Å². The lowest BCUT2D eigenvalue weighted by Crippen LogP contribution is -2.59. The summed E-state index contributed by atoms with van der Waals surface area (Å²) in [6.07, 6.45) is 3.80. The van der Waals surface area contributed by atoms with Gasteiger partial charge < -0.3 is 14.9 Å². The maximum atomic E-state index is 9.84. The maximum Gasteiger partial charge on any atom is 0.190 e. The van der Waals surface area contributed by atoms with E-state index in [0.717, 1.165) is 50.5 Å². The number of aliphatic hydroxyl groups is 1. The zero-order valence-corrected chi connectivity index (χ0v) is 22.3.